The quantitative estimate of drug-likeness (QED) is 0.611. The molecule has 1 aromatic carbocycles. The van der Waals surface area contributed by atoms with Crippen molar-refractivity contribution in [3.63, 3.8) is 0 Å². The summed E-state index contributed by atoms with van der Waals surface area (Å²) < 4.78 is 5.13. The highest BCUT2D eigenvalue weighted by molar-refractivity contribution is 5.76. The summed E-state index contributed by atoms with van der Waals surface area (Å²) in [6, 6.07) is 10.9. The molecule has 1 spiro atoms. The van der Waals surface area contributed by atoms with Gasteiger partial charge in [0.2, 0.25) is 0 Å². The summed E-state index contributed by atoms with van der Waals surface area (Å²) in [7, 11) is 3.70. The molecule has 2 saturated carbocycles. The summed E-state index contributed by atoms with van der Waals surface area (Å²) in [6.45, 7) is 0. The fourth-order valence-corrected chi connectivity index (χ4v) is 5.04. The number of hydrogen-bond donors (Lipinski definition) is 0. The van der Waals surface area contributed by atoms with E-state index in [-0.39, 0.29) is 11.9 Å². The molecule has 3 heteroatoms. The molecule has 6 atom stereocenters. The Balaban J connectivity index is 1.72. The second-order valence-corrected chi connectivity index (χ2v) is 6.58. The number of carbonyl (C=O) groups excluding carboxylic acids is 1. The van der Waals surface area contributed by atoms with Crippen LogP contribution in [0, 0.1) is 11.8 Å². The zero-order valence-corrected chi connectivity index (χ0v) is 12.1. The number of likely N-dealkylation sites (tertiary alicyclic amines) is 1. The molecule has 2 aliphatic carbocycles. The van der Waals surface area contributed by atoms with Crippen LogP contribution in [0.3, 0.4) is 0 Å². The van der Waals surface area contributed by atoms with Gasteiger partial charge in [-0.3, -0.25) is 9.69 Å². The lowest BCUT2D eigenvalue weighted by atomic mass is 9.57. The number of carbonyl (C=O) groups is 1. The van der Waals surface area contributed by atoms with Gasteiger partial charge >= 0.3 is 5.97 Å². The highest BCUT2D eigenvalue weighted by atomic mass is 16.5. The predicted octanol–water partition coefficient (Wildman–Crippen LogP) is 2.43. The number of nitrogens with zero attached hydrogens (tertiary/aromatic N) is 1. The third kappa shape index (κ3) is 1.37. The lowest BCUT2D eigenvalue weighted by Gasteiger charge is -2.45. The van der Waals surface area contributed by atoms with Crippen molar-refractivity contribution in [2.45, 2.75) is 36.8 Å². The van der Waals surface area contributed by atoms with Crippen LogP contribution in [0.25, 0.3) is 0 Å². The van der Waals surface area contributed by atoms with E-state index in [1.54, 1.807) is 0 Å². The molecule has 1 aliphatic heterocycles. The van der Waals surface area contributed by atoms with Crippen LogP contribution in [0.1, 0.15) is 30.7 Å². The van der Waals surface area contributed by atoms with Gasteiger partial charge in [0.15, 0.2) is 0 Å². The number of hydrogen-bond acceptors (Lipinski definition) is 3. The molecule has 3 nitrogen and oxygen atoms in total. The molecule has 5 unspecified atom stereocenters. The van der Waals surface area contributed by atoms with E-state index in [4.69, 9.17) is 4.74 Å². The molecule has 3 fully saturated rings. The van der Waals surface area contributed by atoms with Crippen molar-refractivity contribution in [3.05, 3.63) is 35.9 Å². The first-order chi connectivity index (χ1) is 9.70. The third-order valence-electron chi connectivity index (χ3n) is 6.13. The molecular formula is C17H21NO2. The highest BCUT2D eigenvalue weighted by Gasteiger charge is 2.75. The van der Waals surface area contributed by atoms with Crippen LogP contribution in [-0.4, -0.2) is 36.6 Å². The van der Waals surface area contributed by atoms with Gasteiger partial charge < -0.3 is 4.74 Å². The second kappa shape index (κ2) is 4.08. The van der Waals surface area contributed by atoms with Crippen LogP contribution in [-0.2, 0) is 9.53 Å². The minimum atomic E-state index is -0.0297. The molecule has 20 heavy (non-hydrogen) atoms. The lowest BCUT2D eigenvalue weighted by Crippen LogP contribution is -2.48. The Labute approximate surface area is 119 Å². The van der Waals surface area contributed by atoms with E-state index in [0.717, 1.165) is 12.3 Å². The molecule has 1 saturated heterocycles. The van der Waals surface area contributed by atoms with E-state index >= 15 is 0 Å². The van der Waals surface area contributed by atoms with E-state index in [2.05, 4.69) is 36.2 Å². The number of benzene rings is 1. The highest BCUT2D eigenvalue weighted by Crippen LogP contribution is 2.68. The maximum Gasteiger partial charge on any atom is 0.310 e. The Morgan fingerprint density at radius 3 is 2.70 bits per heavy atom. The smallest absolute Gasteiger partial charge is 0.310 e. The maximum atomic E-state index is 12.4. The normalized spacial score (nSPS) is 44.8. The topological polar surface area (TPSA) is 29.3 Å². The predicted molar refractivity (Wildman–Crippen MR) is 76.3 cm³/mol. The second-order valence-electron chi connectivity index (χ2n) is 6.58. The Morgan fingerprint density at radius 1 is 1.35 bits per heavy atom. The Morgan fingerprint density at radius 2 is 2.10 bits per heavy atom. The molecule has 0 aromatic heterocycles. The number of ether oxygens (including phenoxy) is 1. The van der Waals surface area contributed by atoms with Crippen molar-refractivity contribution >= 4 is 5.97 Å². The van der Waals surface area contributed by atoms with Gasteiger partial charge in [-0.2, -0.15) is 0 Å². The molecular weight excluding hydrogens is 250 g/mol. The summed E-state index contributed by atoms with van der Waals surface area (Å²) in [5, 5.41) is 0. The minimum Gasteiger partial charge on any atom is -0.469 e. The molecule has 0 bridgehead atoms. The van der Waals surface area contributed by atoms with E-state index in [9.17, 15) is 4.79 Å². The largest absolute Gasteiger partial charge is 0.469 e. The Kier molecular flexibility index (Phi) is 2.53. The molecule has 4 rings (SSSR count). The first-order valence-electron chi connectivity index (χ1n) is 7.56. The van der Waals surface area contributed by atoms with Crippen LogP contribution in [0.5, 0.6) is 0 Å². The van der Waals surface area contributed by atoms with Gasteiger partial charge in [0.25, 0.3) is 0 Å². The molecule has 3 aliphatic rings. The third-order valence-corrected chi connectivity index (χ3v) is 6.13. The van der Waals surface area contributed by atoms with Gasteiger partial charge in [-0.05, 0) is 43.7 Å². The van der Waals surface area contributed by atoms with E-state index in [1.165, 1.54) is 25.5 Å². The lowest BCUT2D eigenvalue weighted by molar-refractivity contribution is -0.147. The Hall–Kier alpha value is -1.35. The number of likely N-dealkylation sites (N-methyl/N-ethyl adjacent to an activating group) is 1. The fraction of sp³-hybridized carbons (Fsp3) is 0.588. The average molecular weight is 271 g/mol. The van der Waals surface area contributed by atoms with Gasteiger partial charge in [-0.15, -0.1) is 0 Å². The van der Waals surface area contributed by atoms with Gasteiger partial charge in [0.05, 0.1) is 13.0 Å². The number of methoxy groups -OCH3 is 1. The first-order valence-corrected chi connectivity index (χ1v) is 7.56. The van der Waals surface area contributed by atoms with Crippen molar-refractivity contribution in [3.8, 4) is 0 Å². The van der Waals surface area contributed by atoms with Crippen LogP contribution >= 0.6 is 0 Å². The summed E-state index contributed by atoms with van der Waals surface area (Å²) in [4.78, 5) is 14.8. The van der Waals surface area contributed by atoms with E-state index < -0.39 is 0 Å². The molecule has 106 valence electrons. The fourth-order valence-electron chi connectivity index (χ4n) is 5.04. The van der Waals surface area contributed by atoms with E-state index in [1.807, 2.05) is 6.07 Å². The molecule has 0 radical (unpaired) electrons. The summed E-state index contributed by atoms with van der Waals surface area (Å²) >= 11 is 0. The SMILES string of the molecule is COC(=O)[C@@H]1C(c2ccccc2)CC2CCC23C1N3C. The van der Waals surface area contributed by atoms with E-state index in [0.29, 0.717) is 17.5 Å². The Bertz CT molecular complexity index is 543. The monoisotopic (exact) mass is 271 g/mol. The standard InChI is InChI=1S/C17H21NO2/c1-18-15-14(16(19)20-2)13(11-6-4-3-5-7-11)10-12-8-9-17(12,15)18/h3-7,12-15H,8-10H2,1-2H3/t12?,13?,14-,15?,17?,18?/m1/s1. The molecule has 0 N–H and O–H groups in total. The van der Waals surface area contributed by atoms with Crippen molar-refractivity contribution in [1.82, 2.24) is 4.90 Å². The summed E-state index contributed by atoms with van der Waals surface area (Å²) in [6.07, 6.45) is 3.70. The number of esters is 1. The van der Waals surface area contributed by atoms with Crippen LogP contribution in [0.2, 0.25) is 0 Å². The molecule has 0 amide bonds. The van der Waals surface area contributed by atoms with Crippen LogP contribution in [0.4, 0.5) is 0 Å². The van der Waals surface area contributed by atoms with Crippen molar-refractivity contribution in [2.75, 3.05) is 14.2 Å². The van der Waals surface area contributed by atoms with Crippen molar-refractivity contribution in [1.29, 1.82) is 0 Å². The minimum absolute atomic E-state index is 0.00366. The van der Waals surface area contributed by atoms with Crippen LogP contribution < -0.4 is 0 Å². The zero-order valence-electron chi connectivity index (χ0n) is 12.1. The summed E-state index contributed by atoms with van der Waals surface area (Å²) in [5.41, 5.74) is 1.63. The van der Waals surface area contributed by atoms with Gasteiger partial charge in [-0.1, -0.05) is 30.3 Å². The van der Waals surface area contributed by atoms with Crippen molar-refractivity contribution in [2.24, 2.45) is 11.8 Å². The van der Waals surface area contributed by atoms with Gasteiger partial charge in [-0.25, -0.2) is 0 Å². The van der Waals surface area contributed by atoms with Crippen molar-refractivity contribution < 1.29 is 9.53 Å². The summed E-state index contributed by atoms with van der Waals surface area (Å²) in [5.74, 6) is 1.06. The average Bonchev–Trinajstić information content (AvgIpc) is 3.10. The van der Waals surface area contributed by atoms with Gasteiger partial charge in [0, 0.05) is 11.6 Å². The molecule has 1 aromatic rings. The maximum absolute atomic E-state index is 12.4. The first kappa shape index (κ1) is 12.4. The zero-order chi connectivity index (χ0) is 13.9. The molecule has 1 heterocycles. The van der Waals surface area contributed by atoms with Gasteiger partial charge in [0.1, 0.15) is 0 Å². The number of rotatable bonds is 2. The van der Waals surface area contributed by atoms with Crippen LogP contribution in [0.15, 0.2) is 30.3 Å².